The molecule has 0 heterocycles. The molecular formula is C15H12ClF3O2. The van der Waals surface area contributed by atoms with Crippen LogP contribution in [0.15, 0.2) is 48.5 Å². The molecule has 0 aliphatic heterocycles. The maximum atomic E-state index is 12.7. The van der Waals surface area contributed by atoms with Crippen molar-refractivity contribution in [2.24, 2.45) is 0 Å². The summed E-state index contributed by atoms with van der Waals surface area (Å²) in [6.07, 6.45) is -3.82. The van der Waals surface area contributed by atoms with E-state index >= 15 is 0 Å². The lowest BCUT2D eigenvalue weighted by atomic mass is 10.2. The molecular weight excluding hydrogens is 305 g/mol. The fourth-order valence-electron chi connectivity index (χ4n) is 1.56. The first kappa shape index (κ1) is 15.5. The first-order chi connectivity index (χ1) is 10.0. The van der Waals surface area contributed by atoms with Gasteiger partial charge in [-0.3, -0.25) is 0 Å². The summed E-state index contributed by atoms with van der Waals surface area (Å²) in [5, 5.41) is 0. The summed E-state index contributed by atoms with van der Waals surface area (Å²) in [4.78, 5) is 0. The third-order valence-corrected chi connectivity index (χ3v) is 2.87. The number of ether oxygens (including phenoxy) is 2. The van der Waals surface area contributed by atoms with E-state index in [1.54, 1.807) is 12.1 Å². The van der Waals surface area contributed by atoms with Gasteiger partial charge in [0.15, 0.2) is 6.67 Å². The zero-order chi connectivity index (χ0) is 15.3. The van der Waals surface area contributed by atoms with Crippen LogP contribution in [0.1, 0.15) is 5.56 Å². The second-order valence-corrected chi connectivity index (χ2v) is 4.49. The van der Waals surface area contributed by atoms with Gasteiger partial charge in [-0.25, -0.2) is 4.39 Å². The van der Waals surface area contributed by atoms with Gasteiger partial charge in [0.25, 0.3) is 0 Å². The zero-order valence-electron chi connectivity index (χ0n) is 10.9. The van der Waals surface area contributed by atoms with E-state index in [9.17, 15) is 13.2 Å². The minimum absolute atomic E-state index is 0.137. The molecule has 0 spiro atoms. The van der Waals surface area contributed by atoms with Gasteiger partial charge < -0.3 is 9.47 Å². The highest BCUT2D eigenvalue weighted by Gasteiger charge is 2.31. The van der Waals surface area contributed by atoms with Crippen molar-refractivity contribution in [1.82, 2.24) is 0 Å². The monoisotopic (exact) mass is 316 g/mol. The fourth-order valence-corrected chi connectivity index (χ4v) is 1.74. The average molecular weight is 317 g/mol. The smallest absolute Gasteiger partial charge is 0.427 e. The second kappa shape index (κ2) is 6.72. The first-order valence-corrected chi connectivity index (χ1v) is 6.61. The molecule has 0 radical (unpaired) electrons. The molecule has 2 aromatic carbocycles. The molecule has 0 amide bonds. The van der Waals surface area contributed by atoms with Crippen molar-refractivity contribution in [1.29, 1.82) is 0 Å². The third kappa shape index (κ3) is 4.56. The Bertz CT molecular complexity index is 570. The average Bonchev–Trinajstić information content (AvgIpc) is 2.50. The summed E-state index contributed by atoms with van der Waals surface area (Å²) in [6, 6.07) is 12.6. The van der Waals surface area contributed by atoms with E-state index in [1.165, 1.54) is 24.3 Å². The summed E-state index contributed by atoms with van der Waals surface area (Å²) in [6.45, 7) is -1.88. The molecule has 0 aliphatic rings. The number of benzene rings is 2. The van der Waals surface area contributed by atoms with Crippen LogP contribution in [0.5, 0.6) is 17.2 Å². The standard InChI is InChI=1S/C15H12ClF3O2/c16-9-11-1-3-12(4-2-11)20-13-5-7-14(8-6-13)21-15(18,19)10-17/h1-8H,9-10H2. The van der Waals surface area contributed by atoms with Crippen LogP contribution >= 0.6 is 11.6 Å². The van der Waals surface area contributed by atoms with E-state index in [1.807, 2.05) is 12.1 Å². The van der Waals surface area contributed by atoms with E-state index in [0.717, 1.165) is 5.56 Å². The maximum absolute atomic E-state index is 12.7. The normalized spacial score (nSPS) is 11.2. The molecule has 0 unspecified atom stereocenters. The quantitative estimate of drug-likeness (QED) is 0.685. The summed E-state index contributed by atoms with van der Waals surface area (Å²) < 4.78 is 47.1. The number of alkyl halides is 4. The van der Waals surface area contributed by atoms with E-state index in [4.69, 9.17) is 16.3 Å². The largest absolute Gasteiger partial charge is 0.457 e. The number of halogens is 4. The Morgan fingerprint density at radius 2 is 1.33 bits per heavy atom. The van der Waals surface area contributed by atoms with Crippen LogP contribution in [0.2, 0.25) is 0 Å². The van der Waals surface area contributed by atoms with E-state index in [0.29, 0.717) is 17.4 Å². The Hall–Kier alpha value is -1.88. The summed E-state index contributed by atoms with van der Waals surface area (Å²) in [5.41, 5.74) is 0.959. The molecule has 2 nitrogen and oxygen atoms in total. The molecule has 0 saturated heterocycles. The van der Waals surface area contributed by atoms with Crippen LogP contribution in [-0.4, -0.2) is 12.8 Å². The molecule has 2 rings (SSSR count). The van der Waals surface area contributed by atoms with Gasteiger partial charge in [0, 0.05) is 5.88 Å². The van der Waals surface area contributed by atoms with Crippen molar-refractivity contribution in [2.45, 2.75) is 12.0 Å². The Kier molecular flexibility index (Phi) is 4.96. The molecule has 112 valence electrons. The maximum Gasteiger partial charge on any atom is 0.427 e. The highest BCUT2D eigenvalue weighted by atomic mass is 35.5. The van der Waals surface area contributed by atoms with Gasteiger partial charge in [-0.15, -0.1) is 11.6 Å². The van der Waals surface area contributed by atoms with Gasteiger partial charge in [0.2, 0.25) is 0 Å². The van der Waals surface area contributed by atoms with Crippen molar-refractivity contribution < 1.29 is 22.6 Å². The number of hydrogen-bond donors (Lipinski definition) is 0. The number of rotatable bonds is 6. The van der Waals surface area contributed by atoms with E-state index in [-0.39, 0.29) is 5.75 Å². The minimum Gasteiger partial charge on any atom is -0.457 e. The van der Waals surface area contributed by atoms with Crippen molar-refractivity contribution >= 4 is 11.6 Å². The molecule has 2 aromatic rings. The Labute approximate surface area is 125 Å². The van der Waals surface area contributed by atoms with Crippen molar-refractivity contribution in [3.8, 4) is 17.2 Å². The highest BCUT2D eigenvalue weighted by molar-refractivity contribution is 6.17. The van der Waals surface area contributed by atoms with Crippen LogP contribution < -0.4 is 9.47 Å². The van der Waals surface area contributed by atoms with Gasteiger partial charge in [-0.1, -0.05) is 12.1 Å². The number of hydrogen-bond acceptors (Lipinski definition) is 2. The van der Waals surface area contributed by atoms with Crippen LogP contribution in [0.4, 0.5) is 13.2 Å². The lowest BCUT2D eigenvalue weighted by Crippen LogP contribution is -2.26. The summed E-state index contributed by atoms with van der Waals surface area (Å²) in [7, 11) is 0. The van der Waals surface area contributed by atoms with Gasteiger partial charge in [-0.2, -0.15) is 8.78 Å². The molecule has 0 aromatic heterocycles. The fraction of sp³-hybridized carbons (Fsp3) is 0.200. The summed E-state index contributed by atoms with van der Waals surface area (Å²) >= 11 is 5.68. The van der Waals surface area contributed by atoms with E-state index in [2.05, 4.69) is 4.74 Å². The molecule has 0 bridgehead atoms. The molecule has 0 saturated carbocycles. The predicted molar refractivity (Wildman–Crippen MR) is 74.1 cm³/mol. The van der Waals surface area contributed by atoms with Crippen LogP contribution in [0.3, 0.4) is 0 Å². The molecule has 0 fully saturated rings. The van der Waals surface area contributed by atoms with Crippen LogP contribution in [0, 0.1) is 0 Å². The topological polar surface area (TPSA) is 18.5 Å². The Balaban J connectivity index is 2.01. The van der Waals surface area contributed by atoms with Crippen LogP contribution in [0.25, 0.3) is 0 Å². The van der Waals surface area contributed by atoms with Crippen molar-refractivity contribution in [3.05, 3.63) is 54.1 Å². The molecule has 0 N–H and O–H groups in total. The Morgan fingerprint density at radius 3 is 1.81 bits per heavy atom. The highest BCUT2D eigenvalue weighted by Crippen LogP contribution is 2.27. The lowest BCUT2D eigenvalue weighted by Gasteiger charge is -2.14. The molecule has 6 heteroatoms. The Morgan fingerprint density at radius 1 is 0.857 bits per heavy atom. The van der Waals surface area contributed by atoms with Gasteiger partial charge >= 0.3 is 6.11 Å². The molecule has 21 heavy (non-hydrogen) atoms. The van der Waals surface area contributed by atoms with Gasteiger partial charge in [-0.05, 0) is 42.0 Å². The summed E-state index contributed by atoms with van der Waals surface area (Å²) in [5.74, 6) is 1.31. The zero-order valence-corrected chi connectivity index (χ0v) is 11.6. The molecule has 0 atom stereocenters. The van der Waals surface area contributed by atoms with Crippen molar-refractivity contribution in [2.75, 3.05) is 6.67 Å². The van der Waals surface area contributed by atoms with Gasteiger partial charge in [0.1, 0.15) is 17.2 Å². The third-order valence-electron chi connectivity index (χ3n) is 2.56. The second-order valence-electron chi connectivity index (χ2n) is 4.22. The van der Waals surface area contributed by atoms with E-state index < -0.39 is 12.8 Å². The SMILES string of the molecule is FCC(F)(F)Oc1ccc(Oc2ccc(CCl)cc2)cc1. The van der Waals surface area contributed by atoms with Crippen LogP contribution in [-0.2, 0) is 5.88 Å². The predicted octanol–water partition coefficient (Wildman–Crippen LogP) is 5.16. The lowest BCUT2D eigenvalue weighted by molar-refractivity contribution is -0.186. The first-order valence-electron chi connectivity index (χ1n) is 6.08. The van der Waals surface area contributed by atoms with Gasteiger partial charge in [0.05, 0.1) is 0 Å². The molecule has 0 aliphatic carbocycles. The minimum atomic E-state index is -3.82. The van der Waals surface area contributed by atoms with Crippen molar-refractivity contribution in [3.63, 3.8) is 0 Å².